The Kier molecular flexibility index (Phi) is 3.34. The van der Waals surface area contributed by atoms with E-state index >= 15 is 0 Å². The Hall–Kier alpha value is -1.65. The molecule has 0 radical (unpaired) electrons. The molecular weight excluding hydrogens is 202 g/mol. The smallest absolute Gasteiger partial charge is 0.0702 e. The molecule has 1 atom stereocenters. The average Bonchev–Trinajstić information content (AvgIpc) is 2.83. The van der Waals surface area contributed by atoms with Crippen LogP contribution in [0, 0.1) is 0 Å². The molecule has 1 aromatic heterocycles. The second-order valence-corrected chi connectivity index (χ2v) is 3.71. The van der Waals surface area contributed by atoms with Crippen molar-refractivity contribution in [2.24, 2.45) is 5.73 Å². The summed E-state index contributed by atoms with van der Waals surface area (Å²) in [7, 11) is 0. The van der Waals surface area contributed by atoms with Crippen LogP contribution in [0.3, 0.4) is 0 Å². The zero-order valence-corrected chi connectivity index (χ0v) is 8.95. The average molecular weight is 217 g/mol. The summed E-state index contributed by atoms with van der Waals surface area (Å²) in [5, 5.41) is 13.6. The van der Waals surface area contributed by atoms with E-state index in [1.165, 1.54) is 0 Å². The highest BCUT2D eigenvalue weighted by Gasteiger charge is 2.03. The first kappa shape index (κ1) is 10.9. The van der Waals surface area contributed by atoms with E-state index in [0.717, 1.165) is 11.3 Å². The van der Waals surface area contributed by atoms with Gasteiger partial charge in [-0.2, -0.15) is 5.10 Å². The van der Waals surface area contributed by atoms with Gasteiger partial charge >= 0.3 is 0 Å². The lowest BCUT2D eigenvalue weighted by atomic mass is 10.1. The topological polar surface area (TPSA) is 64.1 Å². The summed E-state index contributed by atoms with van der Waals surface area (Å²) < 4.78 is 1.79. The summed E-state index contributed by atoms with van der Waals surface area (Å²) in [4.78, 5) is 0. The van der Waals surface area contributed by atoms with Crippen LogP contribution in [0.2, 0.25) is 0 Å². The van der Waals surface area contributed by atoms with Crippen molar-refractivity contribution in [1.29, 1.82) is 0 Å². The normalized spacial score (nSPS) is 12.6. The molecule has 0 aliphatic carbocycles. The molecule has 0 fully saturated rings. The van der Waals surface area contributed by atoms with Gasteiger partial charge in [0, 0.05) is 18.9 Å². The van der Waals surface area contributed by atoms with Crippen LogP contribution < -0.4 is 5.73 Å². The Morgan fingerprint density at radius 2 is 2.06 bits per heavy atom. The highest BCUT2D eigenvalue weighted by atomic mass is 16.3. The number of benzene rings is 1. The summed E-state index contributed by atoms with van der Waals surface area (Å²) in [6.07, 6.45) is 3.77. The molecule has 1 heterocycles. The zero-order valence-electron chi connectivity index (χ0n) is 8.95. The highest BCUT2D eigenvalue weighted by Crippen LogP contribution is 2.10. The monoisotopic (exact) mass is 217 g/mol. The number of aliphatic hydroxyl groups excluding tert-OH is 1. The van der Waals surface area contributed by atoms with Gasteiger partial charge in [-0.15, -0.1) is 0 Å². The second-order valence-electron chi connectivity index (χ2n) is 3.71. The number of hydrogen-bond donors (Lipinski definition) is 2. The van der Waals surface area contributed by atoms with Gasteiger partial charge in [-0.1, -0.05) is 12.1 Å². The van der Waals surface area contributed by atoms with Gasteiger partial charge in [0.05, 0.1) is 11.8 Å². The van der Waals surface area contributed by atoms with Crippen molar-refractivity contribution in [3.8, 4) is 5.69 Å². The summed E-state index contributed by atoms with van der Waals surface area (Å²) in [6, 6.07) is 9.80. The van der Waals surface area contributed by atoms with E-state index in [0.29, 0.717) is 13.0 Å². The summed E-state index contributed by atoms with van der Waals surface area (Å²) >= 11 is 0. The van der Waals surface area contributed by atoms with E-state index < -0.39 is 6.10 Å². The van der Waals surface area contributed by atoms with Crippen molar-refractivity contribution in [2.45, 2.75) is 12.5 Å². The molecule has 4 heteroatoms. The van der Waals surface area contributed by atoms with Gasteiger partial charge in [0.2, 0.25) is 0 Å². The number of hydrogen-bond acceptors (Lipinski definition) is 3. The molecule has 1 aromatic carbocycles. The first-order valence-corrected chi connectivity index (χ1v) is 5.26. The maximum atomic E-state index is 9.42. The third-order valence-corrected chi connectivity index (χ3v) is 2.45. The minimum absolute atomic E-state index is 0.293. The zero-order chi connectivity index (χ0) is 11.4. The largest absolute Gasteiger partial charge is 0.391 e. The lowest BCUT2D eigenvalue weighted by Crippen LogP contribution is -2.21. The van der Waals surface area contributed by atoms with E-state index in [-0.39, 0.29) is 0 Å². The van der Waals surface area contributed by atoms with Crippen molar-refractivity contribution < 1.29 is 5.11 Å². The van der Waals surface area contributed by atoms with Gasteiger partial charge in [0.1, 0.15) is 0 Å². The molecule has 4 nitrogen and oxygen atoms in total. The van der Waals surface area contributed by atoms with Gasteiger partial charge in [-0.05, 0) is 30.2 Å². The van der Waals surface area contributed by atoms with Gasteiger partial charge in [-0.25, -0.2) is 4.68 Å². The van der Waals surface area contributed by atoms with E-state index in [9.17, 15) is 5.11 Å². The minimum Gasteiger partial charge on any atom is -0.391 e. The lowest BCUT2D eigenvalue weighted by Gasteiger charge is -2.08. The molecule has 0 spiro atoms. The van der Waals surface area contributed by atoms with Crippen LogP contribution in [0.1, 0.15) is 5.56 Å². The maximum absolute atomic E-state index is 9.42. The summed E-state index contributed by atoms with van der Waals surface area (Å²) in [6.45, 7) is 0.293. The Morgan fingerprint density at radius 3 is 2.62 bits per heavy atom. The van der Waals surface area contributed by atoms with Crippen molar-refractivity contribution in [2.75, 3.05) is 6.54 Å². The van der Waals surface area contributed by atoms with E-state index in [1.54, 1.807) is 10.9 Å². The Bertz CT molecular complexity index is 422. The molecule has 0 amide bonds. The molecule has 16 heavy (non-hydrogen) atoms. The number of nitrogens with zero attached hydrogens (tertiary/aromatic N) is 2. The third-order valence-electron chi connectivity index (χ3n) is 2.45. The van der Waals surface area contributed by atoms with Gasteiger partial charge in [0.15, 0.2) is 0 Å². The van der Waals surface area contributed by atoms with Crippen molar-refractivity contribution in [1.82, 2.24) is 9.78 Å². The van der Waals surface area contributed by atoms with Crippen molar-refractivity contribution >= 4 is 0 Å². The van der Waals surface area contributed by atoms with Crippen LogP contribution in [0.5, 0.6) is 0 Å². The maximum Gasteiger partial charge on any atom is 0.0702 e. The number of aliphatic hydroxyl groups is 1. The molecule has 1 unspecified atom stereocenters. The van der Waals surface area contributed by atoms with Crippen molar-refractivity contribution in [3.05, 3.63) is 48.3 Å². The number of aromatic nitrogens is 2. The molecule has 0 saturated carbocycles. The fourth-order valence-corrected chi connectivity index (χ4v) is 1.56. The molecule has 0 saturated heterocycles. The molecular formula is C12H15N3O. The number of nitrogens with two attached hydrogens (primary N) is 1. The summed E-state index contributed by atoms with van der Waals surface area (Å²) in [5.41, 5.74) is 7.45. The first-order valence-electron chi connectivity index (χ1n) is 5.26. The Morgan fingerprint density at radius 1 is 1.31 bits per heavy atom. The molecule has 2 rings (SSSR count). The third kappa shape index (κ3) is 2.48. The second kappa shape index (κ2) is 4.92. The van der Waals surface area contributed by atoms with Crippen LogP contribution in [-0.2, 0) is 6.42 Å². The van der Waals surface area contributed by atoms with E-state index in [2.05, 4.69) is 5.10 Å². The van der Waals surface area contributed by atoms with Crippen LogP contribution in [0.4, 0.5) is 0 Å². The SMILES string of the molecule is NCC(O)Cc1ccc(-n2cccn2)cc1. The van der Waals surface area contributed by atoms with Gasteiger partial charge < -0.3 is 10.8 Å². The summed E-state index contributed by atoms with van der Waals surface area (Å²) in [5.74, 6) is 0. The Balaban J connectivity index is 2.11. The fraction of sp³-hybridized carbons (Fsp3) is 0.250. The van der Waals surface area contributed by atoms with Crippen LogP contribution in [0.15, 0.2) is 42.7 Å². The van der Waals surface area contributed by atoms with Gasteiger partial charge in [-0.3, -0.25) is 0 Å². The quantitative estimate of drug-likeness (QED) is 0.793. The highest BCUT2D eigenvalue weighted by molar-refractivity contribution is 5.33. The molecule has 0 bridgehead atoms. The molecule has 0 aliphatic rings. The van der Waals surface area contributed by atoms with Crippen LogP contribution in [-0.4, -0.2) is 27.5 Å². The molecule has 3 N–H and O–H groups in total. The van der Waals surface area contributed by atoms with Gasteiger partial charge in [0.25, 0.3) is 0 Å². The van der Waals surface area contributed by atoms with E-state index in [1.807, 2.05) is 36.5 Å². The predicted molar refractivity (Wildman–Crippen MR) is 62.3 cm³/mol. The molecule has 84 valence electrons. The minimum atomic E-state index is -0.462. The van der Waals surface area contributed by atoms with Crippen LogP contribution in [0.25, 0.3) is 5.69 Å². The Labute approximate surface area is 94.3 Å². The standard InChI is InChI=1S/C12H15N3O/c13-9-12(16)8-10-2-4-11(5-3-10)15-7-1-6-14-15/h1-7,12,16H,8-9,13H2. The fourth-order valence-electron chi connectivity index (χ4n) is 1.56. The molecule has 2 aromatic rings. The lowest BCUT2D eigenvalue weighted by molar-refractivity contribution is 0.183. The van der Waals surface area contributed by atoms with E-state index in [4.69, 9.17) is 5.73 Å². The van der Waals surface area contributed by atoms with Crippen LogP contribution >= 0.6 is 0 Å². The van der Waals surface area contributed by atoms with Crippen molar-refractivity contribution in [3.63, 3.8) is 0 Å². The first-order chi connectivity index (χ1) is 7.79. The predicted octanol–water partition coefficient (Wildman–Crippen LogP) is 0.734. The molecule has 0 aliphatic heterocycles. The number of rotatable bonds is 4.